The SMILES string of the molecule is Cc1nnc(CC(=O)N[C@H]2CCOc3c(F)cccc32)o1. The molecule has 0 radical (unpaired) electrons. The van der Waals surface area contributed by atoms with E-state index in [1.54, 1.807) is 19.1 Å². The number of hydrogen-bond donors (Lipinski definition) is 1. The molecule has 2 heterocycles. The van der Waals surface area contributed by atoms with Crippen LogP contribution in [0, 0.1) is 12.7 Å². The number of carbonyl (C=O) groups is 1. The number of ether oxygens (including phenoxy) is 1. The highest BCUT2D eigenvalue weighted by atomic mass is 19.1. The summed E-state index contributed by atoms with van der Waals surface area (Å²) in [4.78, 5) is 12.0. The molecule has 6 nitrogen and oxygen atoms in total. The Labute approximate surface area is 120 Å². The maximum Gasteiger partial charge on any atom is 0.229 e. The number of aromatic nitrogens is 2. The summed E-state index contributed by atoms with van der Waals surface area (Å²) in [5.41, 5.74) is 0.649. The maximum absolute atomic E-state index is 13.7. The van der Waals surface area contributed by atoms with Gasteiger partial charge in [-0.05, 0) is 6.07 Å². The van der Waals surface area contributed by atoms with Gasteiger partial charge in [0.1, 0.15) is 6.42 Å². The van der Waals surface area contributed by atoms with Crippen LogP contribution in [-0.4, -0.2) is 22.7 Å². The molecule has 21 heavy (non-hydrogen) atoms. The molecule has 0 bridgehead atoms. The second kappa shape index (κ2) is 5.51. The van der Waals surface area contributed by atoms with E-state index in [1.165, 1.54) is 6.07 Å². The Morgan fingerprint density at radius 2 is 2.33 bits per heavy atom. The van der Waals surface area contributed by atoms with Crippen LogP contribution in [0.4, 0.5) is 4.39 Å². The van der Waals surface area contributed by atoms with Crippen molar-refractivity contribution < 1.29 is 18.3 Å². The third-order valence-corrected chi connectivity index (χ3v) is 3.24. The molecule has 0 spiro atoms. The van der Waals surface area contributed by atoms with Crippen LogP contribution in [0.15, 0.2) is 22.6 Å². The summed E-state index contributed by atoms with van der Waals surface area (Å²) in [6, 6.07) is 4.41. The lowest BCUT2D eigenvalue weighted by molar-refractivity contribution is -0.121. The van der Waals surface area contributed by atoms with Crippen LogP contribution in [0.1, 0.15) is 29.8 Å². The second-order valence-corrected chi connectivity index (χ2v) is 4.81. The molecule has 1 aliphatic heterocycles. The van der Waals surface area contributed by atoms with Crippen molar-refractivity contribution >= 4 is 5.91 Å². The predicted molar refractivity (Wildman–Crippen MR) is 70.1 cm³/mol. The first-order chi connectivity index (χ1) is 10.1. The summed E-state index contributed by atoms with van der Waals surface area (Å²) in [6.45, 7) is 2.02. The van der Waals surface area contributed by atoms with Crippen LogP contribution in [-0.2, 0) is 11.2 Å². The van der Waals surface area contributed by atoms with Crippen LogP contribution in [0.25, 0.3) is 0 Å². The molecule has 1 aromatic heterocycles. The van der Waals surface area contributed by atoms with E-state index in [9.17, 15) is 9.18 Å². The summed E-state index contributed by atoms with van der Waals surface area (Å²) in [7, 11) is 0. The van der Waals surface area contributed by atoms with Crippen LogP contribution in [0.5, 0.6) is 5.75 Å². The molecule has 1 atom stereocenters. The van der Waals surface area contributed by atoms with Gasteiger partial charge in [-0.1, -0.05) is 12.1 Å². The molecular weight excluding hydrogens is 277 g/mol. The Morgan fingerprint density at radius 1 is 1.48 bits per heavy atom. The fourth-order valence-corrected chi connectivity index (χ4v) is 2.33. The number of fused-ring (bicyclic) bond motifs is 1. The summed E-state index contributed by atoms with van der Waals surface area (Å²) in [5, 5.41) is 10.3. The minimum atomic E-state index is -0.418. The highest BCUT2D eigenvalue weighted by Gasteiger charge is 2.25. The van der Waals surface area contributed by atoms with Crippen molar-refractivity contribution in [2.75, 3.05) is 6.61 Å². The maximum atomic E-state index is 13.7. The zero-order valence-corrected chi connectivity index (χ0v) is 11.4. The normalized spacial score (nSPS) is 17.0. The number of nitrogens with one attached hydrogen (secondary N) is 1. The van der Waals surface area contributed by atoms with Gasteiger partial charge in [0.15, 0.2) is 11.6 Å². The quantitative estimate of drug-likeness (QED) is 0.931. The third-order valence-electron chi connectivity index (χ3n) is 3.24. The molecule has 0 aliphatic carbocycles. The number of rotatable bonds is 3. The molecule has 1 amide bonds. The lowest BCUT2D eigenvalue weighted by Gasteiger charge is -2.26. The van der Waals surface area contributed by atoms with E-state index in [1.807, 2.05) is 0 Å². The van der Waals surface area contributed by atoms with Gasteiger partial charge >= 0.3 is 0 Å². The molecule has 0 saturated heterocycles. The van der Waals surface area contributed by atoms with E-state index < -0.39 is 5.82 Å². The van der Waals surface area contributed by atoms with Gasteiger partial charge in [-0.2, -0.15) is 0 Å². The molecule has 0 fully saturated rings. The predicted octanol–water partition coefficient (Wildman–Crippen LogP) is 1.70. The summed E-state index contributed by atoms with van der Waals surface area (Å²) in [5.74, 6) is 0.218. The minimum Gasteiger partial charge on any atom is -0.490 e. The molecular formula is C14H14FN3O3. The van der Waals surface area contributed by atoms with E-state index in [0.29, 0.717) is 24.5 Å². The van der Waals surface area contributed by atoms with E-state index in [0.717, 1.165) is 0 Å². The first-order valence-corrected chi connectivity index (χ1v) is 6.63. The van der Waals surface area contributed by atoms with Crippen molar-refractivity contribution in [3.8, 4) is 5.75 Å². The number of carbonyl (C=O) groups excluding carboxylic acids is 1. The van der Waals surface area contributed by atoms with E-state index in [4.69, 9.17) is 9.15 Å². The van der Waals surface area contributed by atoms with Crippen molar-refractivity contribution in [2.24, 2.45) is 0 Å². The number of aryl methyl sites for hydroxylation is 1. The van der Waals surface area contributed by atoms with Gasteiger partial charge in [-0.25, -0.2) is 4.39 Å². The largest absolute Gasteiger partial charge is 0.490 e. The molecule has 0 unspecified atom stereocenters. The molecule has 7 heteroatoms. The topological polar surface area (TPSA) is 77.2 Å². The number of halogens is 1. The smallest absolute Gasteiger partial charge is 0.229 e. The van der Waals surface area contributed by atoms with Crippen molar-refractivity contribution in [3.05, 3.63) is 41.4 Å². The Bertz CT molecular complexity index is 671. The number of hydrogen-bond acceptors (Lipinski definition) is 5. The average molecular weight is 291 g/mol. The van der Waals surface area contributed by atoms with Crippen molar-refractivity contribution in [2.45, 2.75) is 25.8 Å². The zero-order valence-electron chi connectivity index (χ0n) is 11.4. The van der Waals surface area contributed by atoms with Crippen LogP contribution in [0.2, 0.25) is 0 Å². The van der Waals surface area contributed by atoms with E-state index in [-0.39, 0.29) is 30.0 Å². The fraction of sp³-hybridized carbons (Fsp3) is 0.357. The first-order valence-electron chi connectivity index (χ1n) is 6.63. The van der Waals surface area contributed by atoms with Crippen LogP contribution in [0.3, 0.4) is 0 Å². The lowest BCUT2D eigenvalue weighted by Crippen LogP contribution is -2.33. The zero-order chi connectivity index (χ0) is 14.8. The Morgan fingerprint density at radius 3 is 3.10 bits per heavy atom. The van der Waals surface area contributed by atoms with E-state index in [2.05, 4.69) is 15.5 Å². The van der Waals surface area contributed by atoms with Gasteiger partial charge in [0, 0.05) is 18.9 Å². The molecule has 1 N–H and O–H groups in total. The number of nitrogens with zero attached hydrogens (tertiary/aromatic N) is 2. The molecule has 2 aromatic rings. The Kier molecular flexibility index (Phi) is 3.55. The van der Waals surface area contributed by atoms with Gasteiger partial charge in [0.25, 0.3) is 0 Å². The third kappa shape index (κ3) is 2.86. The monoisotopic (exact) mass is 291 g/mol. The van der Waals surface area contributed by atoms with Gasteiger partial charge < -0.3 is 14.5 Å². The Hall–Kier alpha value is -2.44. The fourth-order valence-electron chi connectivity index (χ4n) is 2.33. The summed E-state index contributed by atoms with van der Waals surface area (Å²) in [6.07, 6.45) is 0.591. The van der Waals surface area contributed by atoms with Crippen LogP contribution >= 0.6 is 0 Å². The summed E-state index contributed by atoms with van der Waals surface area (Å²) < 4.78 is 24.1. The number of amides is 1. The number of para-hydroxylation sites is 1. The van der Waals surface area contributed by atoms with Crippen molar-refractivity contribution in [3.63, 3.8) is 0 Å². The molecule has 0 saturated carbocycles. The Balaban J connectivity index is 1.71. The van der Waals surface area contributed by atoms with Crippen molar-refractivity contribution in [1.29, 1.82) is 0 Å². The number of benzene rings is 1. The van der Waals surface area contributed by atoms with Gasteiger partial charge in [0.2, 0.25) is 17.7 Å². The van der Waals surface area contributed by atoms with Crippen molar-refractivity contribution in [1.82, 2.24) is 15.5 Å². The second-order valence-electron chi connectivity index (χ2n) is 4.81. The summed E-state index contributed by atoms with van der Waals surface area (Å²) >= 11 is 0. The highest BCUT2D eigenvalue weighted by Crippen LogP contribution is 2.33. The van der Waals surface area contributed by atoms with E-state index >= 15 is 0 Å². The standard InChI is InChI=1S/C14H14FN3O3/c1-8-17-18-13(21-8)7-12(19)16-11-5-6-20-14-9(11)3-2-4-10(14)15/h2-4,11H,5-7H2,1H3,(H,16,19)/t11-/m0/s1. The minimum absolute atomic E-state index is 0.00282. The van der Waals surface area contributed by atoms with Gasteiger partial charge in [0.05, 0.1) is 12.6 Å². The lowest BCUT2D eigenvalue weighted by atomic mass is 10.00. The molecule has 1 aromatic carbocycles. The highest BCUT2D eigenvalue weighted by molar-refractivity contribution is 5.78. The van der Waals surface area contributed by atoms with Gasteiger partial charge in [-0.15, -0.1) is 10.2 Å². The first kappa shape index (κ1) is 13.5. The molecule has 1 aliphatic rings. The average Bonchev–Trinajstić information content (AvgIpc) is 2.85. The van der Waals surface area contributed by atoms with Gasteiger partial charge in [-0.3, -0.25) is 4.79 Å². The molecule has 110 valence electrons. The van der Waals surface area contributed by atoms with Crippen LogP contribution < -0.4 is 10.1 Å². The molecule has 3 rings (SSSR count).